The molecule has 0 saturated heterocycles. The standard InChI is InChI=1S/C22H20N4O2/c1-28-18-13-11-16(12-14-18)15-21(27)23-22(17-7-3-2-4-8-17)26-20-10-6-5-9-19(20)24-25-26/h2-14,22H,15H2,1H3,(H,23,27). The Kier molecular flexibility index (Phi) is 5.01. The Balaban J connectivity index is 1.61. The third kappa shape index (κ3) is 3.71. The molecule has 1 unspecified atom stereocenters. The molecule has 1 aromatic heterocycles. The van der Waals surface area contributed by atoms with Gasteiger partial charge < -0.3 is 10.1 Å². The summed E-state index contributed by atoms with van der Waals surface area (Å²) in [5.74, 6) is 0.666. The SMILES string of the molecule is COc1ccc(CC(=O)NC(c2ccccc2)n2nnc3ccccc32)cc1. The highest BCUT2D eigenvalue weighted by Crippen LogP contribution is 2.20. The molecule has 1 atom stereocenters. The highest BCUT2D eigenvalue weighted by Gasteiger charge is 2.20. The van der Waals surface area contributed by atoms with Crippen LogP contribution in [0.4, 0.5) is 0 Å². The molecule has 0 aliphatic carbocycles. The normalized spacial score (nSPS) is 11.9. The van der Waals surface area contributed by atoms with Crippen LogP contribution in [-0.2, 0) is 11.2 Å². The van der Waals surface area contributed by atoms with Crippen LogP contribution in [0.15, 0.2) is 78.9 Å². The number of benzene rings is 3. The van der Waals surface area contributed by atoms with E-state index in [9.17, 15) is 4.79 Å². The van der Waals surface area contributed by atoms with Crippen LogP contribution in [0.1, 0.15) is 17.3 Å². The zero-order valence-electron chi connectivity index (χ0n) is 15.4. The van der Waals surface area contributed by atoms with Gasteiger partial charge in [0.05, 0.1) is 19.0 Å². The molecule has 0 aliphatic heterocycles. The molecule has 28 heavy (non-hydrogen) atoms. The number of fused-ring (bicyclic) bond motifs is 1. The van der Waals surface area contributed by atoms with Crippen molar-refractivity contribution in [2.45, 2.75) is 12.6 Å². The van der Waals surface area contributed by atoms with Gasteiger partial charge in [0.25, 0.3) is 0 Å². The molecule has 6 heteroatoms. The first-order valence-corrected chi connectivity index (χ1v) is 9.02. The number of methoxy groups -OCH3 is 1. The fraction of sp³-hybridized carbons (Fsp3) is 0.136. The van der Waals surface area contributed by atoms with Gasteiger partial charge >= 0.3 is 0 Å². The van der Waals surface area contributed by atoms with E-state index in [-0.39, 0.29) is 12.3 Å². The first kappa shape index (κ1) is 17.7. The molecule has 0 saturated carbocycles. The van der Waals surface area contributed by atoms with Crippen molar-refractivity contribution in [3.05, 3.63) is 90.0 Å². The van der Waals surface area contributed by atoms with Gasteiger partial charge in [0, 0.05) is 0 Å². The quantitative estimate of drug-likeness (QED) is 0.564. The molecule has 1 amide bonds. The predicted molar refractivity (Wildman–Crippen MR) is 107 cm³/mol. The number of ether oxygens (including phenoxy) is 1. The maximum absolute atomic E-state index is 12.8. The summed E-state index contributed by atoms with van der Waals surface area (Å²) in [4.78, 5) is 12.8. The van der Waals surface area contributed by atoms with Crippen LogP contribution in [0.3, 0.4) is 0 Å². The van der Waals surface area contributed by atoms with E-state index in [0.29, 0.717) is 0 Å². The second-order valence-electron chi connectivity index (χ2n) is 6.43. The second-order valence-corrected chi connectivity index (χ2v) is 6.43. The Morgan fingerprint density at radius 3 is 2.46 bits per heavy atom. The summed E-state index contributed by atoms with van der Waals surface area (Å²) in [5, 5.41) is 11.6. The summed E-state index contributed by atoms with van der Waals surface area (Å²) < 4.78 is 6.91. The van der Waals surface area contributed by atoms with Crippen molar-refractivity contribution < 1.29 is 9.53 Å². The highest BCUT2D eigenvalue weighted by molar-refractivity contribution is 5.80. The van der Waals surface area contributed by atoms with E-state index >= 15 is 0 Å². The molecular formula is C22H20N4O2. The van der Waals surface area contributed by atoms with Crippen molar-refractivity contribution in [1.82, 2.24) is 20.3 Å². The minimum atomic E-state index is -0.445. The van der Waals surface area contributed by atoms with Crippen LogP contribution in [0, 0.1) is 0 Å². The molecule has 4 rings (SSSR count). The van der Waals surface area contributed by atoms with Gasteiger partial charge in [-0.25, -0.2) is 4.68 Å². The Labute approximate surface area is 162 Å². The minimum absolute atomic E-state index is 0.0985. The molecule has 0 bridgehead atoms. The fourth-order valence-electron chi connectivity index (χ4n) is 3.13. The number of aromatic nitrogens is 3. The summed E-state index contributed by atoms with van der Waals surface area (Å²) in [6, 6.07) is 24.9. The van der Waals surface area contributed by atoms with E-state index in [4.69, 9.17) is 4.74 Å². The van der Waals surface area contributed by atoms with E-state index < -0.39 is 6.17 Å². The van der Waals surface area contributed by atoms with E-state index in [2.05, 4.69) is 15.6 Å². The van der Waals surface area contributed by atoms with Crippen LogP contribution in [0.25, 0.3) is 11.0 Å². The van der Waals surface area contributed by atoms with Gasteiger partial charge in [0.15, 0.2) is 6.17 Å². The van der Waals surface area contributed by atoms with Gasteiger partial charge in [0.2, 0.25) is 5.91 Å². The van der Waals surface area contributed by atoms with E-state index in [1.165, 1.54) is 0 Å². The maximum Gasteiger partial charge on any atom is 0.226 e. The van der Waals surface area contributed by atoms with Gasteiger partial charge in [-0.1, -0.05) is 59.8 Å². The van der Waals surface area contributed by atoms with E-state index in [1.54, 1.807) is 11.8 Å². The summed E-state index contributed by atoms with van der Waals surface area (Å²) in [5.41, 5.74) is 3.49. The monoisotopic (exact) mass is 372 g/mol. The van der Waals surface area contributed by atoms with Gasteiger partial charge in [-0.05, 0) is 35.4 Å². The number of nitrogens with one attached hydrogen (secondary N) is 1. The highest BCUT2D eigenvalue weighted by atomic mass is 16.5. The summed E-state index contributed by atoms with van der Waals surface area (Å²) in [7, 11) is 1.62. The maximum atomic E-state index is 12.8. The summed E-state index contributed by atoms with van der Waals surface area (Å²) in [6.45, 7) is 0. The zero-order chi connectivity index (χ0) is 19.3. The molecule has 6 nitrogen and oxygen atoms in total. The fourth-order valence-corrected chi connectivity index (χ4v) is 3.13. The smallest absolute Gasteiger partial charge is 0.226 e. The molecule has 1 heterocycles. The lowest BCUT2D eigenvalue weighted by Gasteiger charge is -2.20. The summed E-state index contributed by atoms with van der Waals surface area (Å²) >= 11 is 0. The van der Waals surface area contributed by atoms with Crippen LogP contribution >= 0.6 is 0 Å². The van der Waals surface area contributed by atoms with Crippen LogP contribution in [-0.4, -0.2) is 28.0 Å². The number of carbonyl (C=O) groups excluding carboxylic acids is 1. The topological polar surface area (TPSA) is 69.0 Å². The number of rotatable bonds is 6. The number of amides is 1. The average Bonchev–Trinajstić information content (AvgIpc) is 3.17. The number of para-hydroxylation sites is 1. The molecule has 3 aromatic carbocycles. The Bertz CT molecular complexity index is 1070. The Morgan fingerprint density at radius 2 is 1.71 bits per heavy atom. The van der Waals surface area contributed by atoms with Crippen molar-refractivity contribution in [3.8, 4) is 5.75 Å². The zero-order valence-corrected chi connectivity index (χ0v) is 15.4. The number of carbonyl (C=O) groups is 1. The molecule has 0 radical (unpaired) electrons. The van der Waals surface area contributed by atoms with Crippen molar-refractivity contribution in [1.29, 1.82) is 0 Å². The lowest BCUT2D eigenvalue weighted by atomic mass is 10.1. The van der Waals surface area contributed by atoms with Gasteiger partial charge in [-0.2, -0.15) is 0 Å². The molecule has 140 valence electrons. The largest absolute Gasteiger partial charge is 0.497 e. The van der Waals surface area contributed by atoms with Crippen LogP contribution in [0.5, 0.6) is 5.75 Å². The van der Waals surface area contributed by atoms with Gasteiger partial charge in [-0.3, -0.25) is 4.79 Å². The van der Waals surface area contributed by atoms with E-state index in [0.717, 1.165) is 27.9 Å². The number of nitrogens with zero attached hydrogens (tertiary/aromatic N) is 3. The molecule has 0 aliphatic rings. The second kappa shape index (κ2) is 7.92. The average molecular weight is 372 g/mol. The minimum Gasteiger partial charge on any atom is -0.497 e. The molecule has 0 spiro atoms. The predicted octanol–water partition coefficient (Wildman–Crippen LogP) is 3.35. The van der Waals surface area contributed by atoms with Crippen molar-refractivity contribution >= 4 is 16.9 Å². The third-order valence-electron chi connectivity index (χ3n) is 4.56. The number of hydrogen-bond acceptors (Lipinski definition) is 4. The van der Waals surface area contributed by atoms with Crippen molar-refractivity contribution in [3.63, 3.8) is 0 Å². The first-order chi connectivity index (χ1) is 13.7. The Morgan fingerprint density at radius 1 is 1.00 bits per heavy atom. The van der Waals surface area contributed by atoms with E-state index in [1.807, 2.05) is 78.9 Å². The molecular weight excluding hydrogens is 352 g/mol. The van der Waals surface area contributed by atoms with Crippen LogP contribution < -0.4 is 10.1 Å². The Hall–Kier alpha value is -3.67. The lowest BCUT2D eigenvalue weighted by molar-refractivity contribution is -0.121. The number of hydrogen-bond donors (Lipinski definition) is 1. The third-order valence-corrected chi connectivity index (χ3v) is 4.56. The van der Waals surface area contributed by atoms with Crippen LogP contribution in [0.2, 0.25) is 0 Å². The summed E-state index contributed by atoms with van der Waals surface area (Å²) in [6.07, 6.45) is -0.181. The molecule has 1 N–H and O–H groups in total. The van der Waals surface area contributed by atoms with Gasteiger partial charge in [0.1, 0.15) is 11.3 Å². The van der Waals surface area contributed by atoms with Crippen molar-refractivity contribution in [2.75, 3.05) is 7.11 Å². The first-order valence-electron chi connectivity index (χ1n) is 9.02. The molecule has 0 fully saturated rings. The molecule has 4 aromatic rings. The lowest BCUT2D eigenvalue weighted by Crippen LogP contribution is -2.34. The van der Waals surface area contributed by atoms with Crippen molar-refractivity contribution in [2.24, 2.45) is 0 Å². The van der Waals surface area contributed by atoms with Gasteiger partial charge in [-0.15, -0.1) is 5.10 Å².